The fraction of sp³-hybridized carbons (Fsp3) is 0.333. The molecule has 1 heterocycles. The van der Waals surface area contributed by atoms with Crippen molar-refractivity contribution in [1.82, 2.24) is 9.97 Å². The second-order valence-electron chi connectivity index (χ2n) is 4.14. The van der Waals surface area contributed by atoms with Crippen molar-refractivity contribution in [2.75, 3.05) is 11.1 Å². The molecular weight excluding hydrogens is 252 g/mol. The van der Waals surface area contributed by atoms with Gasteiger partial charge in [0, 0.05) is 11.8 Å². The van der Waals surface area contributed by atoms with Crippen LogP contribution in [0.3, 0.4) is 0 Å². The van der Waals surface area contributed by atoms with Crippen molar-refractivity contribution in [3.63, 3.8) is 0 Å². The maximum atomic E-state index is 11.3. The van der Waals surface area contributed by atoms with Gasteiger partial charge in [0.15, 0.2) is 0 Å². The van der Waals surface area contributed by atoms with Gasteiger partial charge in [-0.1, -0.05) is 26.8 Å². The van der Waals surface area contributed by atoms with E-state index in [9.17, 15) is 4.79 Å². The molecule has 0 saturated carbocycles. The summed E-state index contributed by atoms with van der Waals surface area (Å²) in [5.74, 6) is 0.551. The van der Waals surface area contributed by atoms with Crippen LogP contribution in [0.15, 0.2) is 29.1 Å². The molecule has 0 spiro atoms. The molecule has 2 rings (SSSR count). The second kappa shape index (κ2) is 7.33. The predicted molar refractivity (Wildman–Crippen MR) is 84.5 cm³/mol. The molecule has 4 N–H and O–H groups in total. The number of benzene rings is 1. The van der Waals surface area contributed by atoms with Crippen LogP contribution in [-0.4, -0.2) is 9.97 Å². The Hall–Kier alpha value is -2.30. The van der Waals surface area contributed by atoms with Crippen LogP contribution in [0.4, 0.5) is 17.5 Å². The van der Waals surface area contributed by atoms with Crippen molar-refractivity contribution in [2.24, 2.45) is 0 Å². The van der Waals surface area contributed by atoms with Gasteiger partial charge in [-0.05, 0) is 36.6 Å². The lowest BCUT2D eigenvalue weighted by atomic mass is 10.1. The third-order valence-electron chi connectivity index (χ3n) is 2.76. The summed E-state index contributed by atoms with van der Waals surface area (Å²) in [6.45, 7) is 8.18. The topological polar surface area (TPSA) is 83.8 Å². The normalized spacial score (nSPS) is 9.60. The summed E-state index contributed by atoms with van der Waals surface area (Å²) in [5, 5.41) is 3.08. The summed E-state index contributed by atoms with van der Waals surface area (Å²) in [6, 6.07) is 7.42. The number of rotatable bonds is 3. The molecule has 1 aromatic heterocycles. The fourth-order valence-electron chi connectivity index (χ4n) is 1.82. The molecule has 20 heavy (non-hydrogen) atoms. The zero-order chi connectivity index (χ0) is 15.1. The highest BCUT2D eigenvalue weighted by atomic mass is 16.1. The Morgan fingerprint density at radius 1 is 1.30 bits per heavy atom. The quantitative estimate of drug-likeness (QED) is 0.803. The van der Waals surface area contributed by atoms with Gasteiger partial charge in [0.1, 0.15) is 5.82 Å². The molecular formula is C15H22N4O. The fourth-order valence-corrected chi connectivity index (χ4v) is 1.82. The Bertz CT molecular complexity index is 620. The van der Waals surface area contributed by atoms with Crippen molar-refractivity contribution < 1.29 is 0 Å². The molecule has 0 saturated heterocycles. The summed E-state index contributed by atoms with van der Waals surface area (Å²) < 4.78 is 0. The van der Waals surface area contributed by atoms with Gasteiger partial charge in [-0.25, -0.2) is 0 Å². The number of nitrogens with two attached hydrogens (primary N) is 1. The molecule has 0 aliphatic carbocycles. The molecule has 0 aliphatic rings. The second-order valence-corrected chi connectivity index (χ2v) is 4.14. The number of aromatic amines is 1. The minimum atomic E-state index is -0.271. The van der Waals surface area contributed by atoms with E-state index in [0.717, 1.165) is 12.1 Å². The lowest BCUT2D eigenvalue weighted by Gasteiger charge is -2.09. The van der Waals surface area contributed by atoms with E-state index in [4.69, 9.17) is 5.73 Å². The van der Waals surface area contributed by atoms with Gasteiger partial charge in [-0.3, -0.25) is 9.78 Å². The molecule has 0 fully saturated rings. The first-order valence-corrected chi connectivity index (χ1v) is 6.82. The SMILES string of the molecule is CC.CCc1cc(Nc2cc(=O)[nH]c(N)n2)ccc1C. The molecule has 2 aromatic rings. The third-order valence-corrected chi connectivity index (χ3v) is 2.76. The zero-order valence-corrected chi connectivity index (χ0v) is 12.4. The lowest BCUT2D eigenvalue weighted by molar-refractivity contribution is 1.11. The monoisotopic (exact) mass is 274 g/mol. The zero-order valence-electron chi connectivity index (χ0n) is 12.4. The summed E-state index contributed by atoms with van der Waals surface area (Å²) in [4.78, 5) is 17.7. The number of nitrogen functional groups attached to an aromatic ring is 1. The van der Waals surface area contributed by atoms with E-state index in [-0.39, 0.29) is 11.5 Å². The number of aromatic nitrogens is 2. The van der Waals surface area contributed by atoms with Crippen LogP contribution in [0.1, 0.15) is 31.9 Å². The van der Waals surface area contributed by atoms with Crippen molar-refractivity contribution in [3.8, 4) is 0 Å². The highest BCUT2D eigenvalue weighted by Gasteiger charge is 2.02. The van der Waals surface area contributed by atoms with Gasteiger partial charge in [0.2, 0.25) is 5.95 Å². The average Bonchev–Trinajstić information content (AvgIpc) is 2.42. The van der Waals surface area contributed by atoms with E-state index in [0.29, 0.717) is 5.82 Å². The summed E-state index contributed by atoms with van der Waals surface area (Å²) in [5.41, 5.74) is 8.63. The first-order chi connectivity index (χ1) is 9.58. The number of anilines is 3. The van der Waals surface area contributed by atoms with Gasteiger partial charge in [-0.15, -0.1) is 0 Å². The highest BCUT2D eigenvalue weighted by molar-refractivity contribution is 5.58. The van der Waals surface area contributed by atoms with E-state index < -0.39 is 0 Å². The average molecular weight is 274 g/mol. The van der Waals surface area contributed by atoms with Crippen molar-refractivity contribution in [1.29, 1.82) is 0 Å². The Balaban J connectivity index is 0.000000956. The Morgan fingerprint density at radius 2 is 2.00 bits per heavy atom. The molecule has 0 bridgehead atoms. The van der Waals surface area contributed by atoms with E-state index >= 15 is 0 Å². The van der Waals surface area contributed by atoms with Crippen LogP contribution >= 0.6 is 0 Å². The minimum absolute atomic E-state index is 0.104. The smallest absolute Gasteiger partial charge is 0.254 e. The van der Waals surface area contributed by atoms with Crippen LogP contribution in [0.2, 0.25) is 0 Å². The number of hydrogen-bond acceptors (Lipinski definition) is 4. The summed E-state index contributed by atoms with van der Waals surface area (Å²) >= 11 is 0. The molecule has 5 heteroatoms. The molecule has 1 aromatic carbocycles. The van der Waals surface area contributed by atoms with E-state index in [1.54, 1.807) is 0 Å². The first kappa shape index (κ1) is 15.8. The van der Waals surface area contributed by atoms with Crippen LogP contribution in [0.25, 0.3) is 0 Å². The van der Waals surface area contributed by atoms with Crippen LogP contribution < -0.4 is 16.6 Å². The molecule has 0 aliphatic heterocycles. The highest BCUT2D eigenvalue weighted by Crippen LogP contribution is 2.18. The van der Waals surface area contributed by atoms with Gasteiger partial charge in [-0.2, -0.15) is 4.98 Å². The molecule has 108 valence electrons. The molecule has 0 radical (unpaired) electrons. The number of hydrogen-bond donors (Lipinski definition) is 3. The maximum Gasteiger partial charge on any atom is 0.254 e. The Morgan fingerprint density at radius 3 is 2.60 bits per heavy atom. The number of H-pyrrole nitrogens is 1. The number of nitrogens with zero attached hydrogens (tertiary/aromatic N) is 1. The van der Waals surface area contributed by atoms with Crippen molar-refractivity contribution >= 4 is 17.5 Å². The van der Waals surface area contributed by atoms with Crippen LogP contribution in [-0.2, 0) is 6.42 Å². The maximum absolute atomic E-state index is 11.3. The summed E-state index contributed by atoms with van der Waals surface area (Å²) in [6.07, 6.45) is 0.965. The first-order valence-electron chi connectivity index (χ1n) is 6.82. The predicted octanol–water partition coefficient (Wildman–Crippen LogP) is 2.99. The third kappa shape index (κ3) is 4.12. The molecule has 0 amide bonds. The Kier molecular flexibility index (Phi) is 5.77. The van der Waals surface area contributed by atoms with Crippen molar-refractivity contribution in [3.05, 3.63) is 45.7 Å². The van der Waals surface area contributed by atoms with E-state index in [2.05, 4.69) is 29.1 Å². The molecule has 5 nitrogen and oxygen atoms in total. The standard InChI is InChI=1S/C13H16N4O.C2H6/c1-3-9-6-10(5-4-8(9)2)15-11-7-12(18)17-13(14)16-11;1-2/h4-7H,3H2,1-2H3,(H4,14,15,16,17,18);1-2H3. The minimum Gasteiger partial charge on any atom is -0.369 e. The summed E-state index contributed by atoms with van der Waals surface area (Å²) in [7, 11) is 0. The Labute approximate surface area is 119 Å². The van der Waals surface area contributed by atoms with Gasteiger partial charge >= 0.3 is 0 Å². The van der Waals surface area contributed by atoms with Crippen molar-refractivity contribution in [2.45, 2.75) is 34.1 Å². The molecule has 0 atom stereocenters. The van der Waals surface area contributed by atoms with Gasteiger partial charge in [0.05, 0.1) is 0 Å². The van der Waals surface area contributed by atoms with E-state index in [1.165, 1.54) is 17.2 Å². The van der Waals surface area contributed by atoms with Gasteiger partial charge in [0.25, 0.3) is 5.56 Å². The number of nitrogens with one attached hydrogen (secondary N) is 2. The number of aryl methyl sites for hydroxylation is 2. The largest absolute Gasteiger partial charge is 0.369 e. The van der Waals surface area contributed by atoms with Gasteiger partial charge < -0.3 is 11.1 Å². The van der Waals surface area contributed by atoms with Crippen LogP contribution in [0.5, 0.6) is 0 Å². The lowest BCUT2D eigenvalue weighted by Crippen LogP contribution is -2.11. The van der Waals surface area contributed by atoms with Crippen LogP contribution in [0, 0.1) is 6.92 Å². The molecule has 0 unspecified atom stereocenters. The van der Waals surface area contributed by atoms with E-state index in [1.807, 2.05) is 32.0 Å².